The first kappa shape index (κ1) is 21.6. The van der Waals surface area contributed by atoms with E-state index in [1.54, 1.807) is 0 Å². The van der Waals surface area contributed by atoms with E-state index >= 15 is 0 Å². The van der Waals surface area contributed by atoms with E-state index < -0.39 is 0 Å². The number of nitrogens with zero attached hydrogens (tertiary/aromatic N) is 1. The summed E-state index contributed by atoms with van der Waals surface area (Å²) in [6.45, 7) is 0. The summed E-state index contributed by atoms with van der Waals surface area (Å²) in [6, 6.07) is 50.9. The molecule has 0 saturated carbocycles. The molecule has 0 saturated heterocycles. The zero-order valence-electron chi connectivity index (χ0n) is 21.7. The second-order valence-corrected chi connectivity index (χ2v) is 10.7. The first-order valence-corrected chi connectivity index (χ1v) is 13.8. The van der Waals surface area contributed by atoms with Crippen LogP contribution in [0.25, 0.3) is 82.0 Å². The Labute approximate surface area is 230 Å². The Kier molecular flexibility index (Phi) is 4.36. The average Bonchev–Trinajstić information content (AvgIpc) is 3.56. The molecule has 9 rings (SSSR count). The topological polar surface area (TPSA) is 20.7 Å². The Morgan fingerprint density at radius 2 is 1.00 bits per heavy atom. The van der Waals surface area contributed by atoms with Gasteiger partial charge in [-0.1, -0.05) is 91.0 Å². The third-order valence-corrected chi connectivity index (χ3v) is 8.50. The average molecular weight is 509 g/mol. The normalized spacial score (nSPS) is 12.0. The molecular weight excluding hydrogens is 484 g/mol. The quantitative estimate of drug-likeness (QED) is 0.224. The van der Waals surface area contributed by atoms with Gasteiger partial charge in [-0.2, -0.15) is 0 Å². The van der Waals surface area contributed by atoms with Crippen LogP contribution in [0.15, 0.2) is 140 Å². The highest BCUT2D eigenvalue weighted by Gasteiger charge is 2.14. The Hall–Kier alpha value is -5.34. The maximum atomic E-state index is 3.55. The van der Waals surface area contributed by atoms with Gasteiger partial charge < -0.3 is 9.55 Å². The Morgan fingerprint density at radius 1 is 0.375 bits per heavy atom. The van der Waals surface area contributed by atoms with Crippen LogP contribution in [0.3, 0.4) is 0 Å². The van der Waals surface area contributed by atoms with E-state index in [0.29, 0.717) is 0 Å². The number of rotatable bonds is 2. The van der Waals surface area contributed by atoms with Crippen molar-refractivity contribution in [1.29, 1.82) is 0 Å². The highest BCUT2D eigenvalue weighted by atomic mass is 15.0. The summed E-state index contributed by atoms with van der Waals surface area (Å²) in [5.41, 5.74) is 8.44. The smallest absolute Gasteiger partial charge is 0.0541 e. The zero-order valence-corrected chi connectivity index (χ0v) is 21.7. The van der Waals surface area contributed by atoms with Gasteiger partial charge in [-0.3, -0.25) is 0 Å². The number of fused-ring (bicyclic) bond motifs is 9. The summed E-state index contributed by atoms with van der Waals surface area (Å²) < 4.78 is 2.42. The van der Waals surface area contributed by atoms with Gasteiger partial charge in [0.25, 0.3) is 0 Å². The van der Waals surface area contributed by atoms with Gasteiger partial charge in [0.15, 0.2) is 0 Å². The number of nitrogens with one attached hydrogen (secondary N) is 1. The molecule has 2 aromatic heterocycles. The maximum Gasteiger partial charge on any atom is 0.0541 e. The van der Waals surface area contributed by atoms with Crippen molar-refractivity contribution < 1.29 is 0 Å². The van der Waals surface area contributed by atoms with Crippen molar-refractivity contribution in [3.05, 3.63) is 140 Å². The molecule has 0 amide bonds. The molecule has 0 aliphatic rings. The van der Waals surface area contributed by atoms with E-state index in [4.69, 9.17) is 0 Å². The Balaban J connectivity index is 1.28. The summed E-state index contributed by atoms with van der Waals surface area (Å²) in [7, 11) is 0. The fraction of sp³-hybridized carbons (Fsp3) is 0. The first-order chi connectivity index (χ1) is 19.8. The molecule has 7 aromatic carbocycles. The van der Waals surface area contributed by atoms with Crippen LogP contribution < -0.4 is 0 Å². The molecule has 0 bridgehead atoms. The fourth-order valence-corrected chi connectivity index (χ4v) is 6.59. The predicted molar refractivity (Wildman–Crippen MR) is 171 cm³/mol. The van der Waals surface area contributed by atoms with Gasteiger partial charge in [0.05, 0.1) is 11.0 Å². The second-order valence-electron chi connectivity index (χ2n) is 10.7. The minimum Gasteiger partial charge on any atom is -0.355 e. The van der Waals surface area contributed by atoms with E-state index in [-0.39, 0.29) is 0 Å². The van der Waals surface area contributed by atoms with Crippen LogP contribution in [0.4, 0.5) is 0 Å². The van der Waals surface area contributed by atoms with Crippen molar-refractivity contribution in [2.24, 2.45) is 0 Å². The van der Waals surface area contributed by atoms with Gasteiger partial charge in [0.2, 0.25) is 0 Å². The zero-order chi connectivity index (χ0) is 26.2. The number of aromatic nitrogens is 2. The van der Waals surface area contributed by atoms with Gasteiger partial charge in [0.1, 0.15) is 0 Å². The lowest BCUT2D eigenvalue weighted by molar-refractivity contribution is 1.19. The Morgan fingerprint density at radius 3 is 1.90 bits per heavy atom. The summed E-state index contributed by atoms with van der Waals surface area (Å²) in [5.74, 6) is 0. The van der Waals surface area contributed by atoms with Crippen molar-refractivity contribution >= 4 is 65.2 Å². The molecule has 0 unspecified atom stereocenters. The van der Waals surface area contributed by atoms with Gasteiger partial charge >= 0.3 is 0 Å². The monoisotopic (exact) mass is 508 g/mol. The fourth-order valence-electron chi connectivity index (χ4n) is 6.59. The minimum atomic E-state index is 1.17. The van der Waals surface area contributed by atoms with E-state index in [1.807, 2.05) is 0 Å². The molecule has 1 N–H and O–H groups in total. The molecular formula is C38H24N2. The standard InChI is InChI=1S/C38H24N2/c1-2-8-29-24(7-1)13-14-25-15-18-28(23-32(25)29)40-37-12-6-4-10-31(37)34-22-27(17-20-38(34)40)26-16-19-36-33(21-26)30-9-3-5-11-35(30)39-36/h1-23,39H. The first-order valence-electron chi connectivity index (χ1n) is 13.8. The molecule has 0 spiro atoms. The molecule has 40 heavy (non-hydrogen) atoms. The second kappa shape index (κ2) is 8.08. The number of H-pyrrole nitrogens is 1. The van der Waals surface area contributed by atoms with E-state index in [9.17, 15) is 0 Å². The van der Waals surface area contributed by atoms with Gasteiger partial charge in [0, 0.05) is 38.3 Å². The number of benzene rings is 7. The summed E-state index contributed by atoms with van der Waals surface area (Å²) >= 11 is 0. The molecule has 2 nitrogen and oxygen atoms in total. The van der Waals surface area contributed by atoms with Gasteiger partial charge in [-0.15, -0.1) is 0 Å². The lowest BCUT2D eigenvalue weighted by atomic mass is 10.0. The van der Waals surface area contributed by atoms with Crippen LogP contribution in [0, 0.1) is 0 Å². The molecule has 2 heterocycles. The van der Waals surface area contributed by atoms with Crippen LogP contribution in [0.1, 0.15) is 0 Å². The predicted octanol–water partition coefficient (Wildman–Crippen LogP) is 10.4. The van der Waals surface area contributed by atoms with Crippen molar-refractivity contribution in [1.82, 2.24) is 9.55 Å². The number of hydrogen-bond acceptors (Lipinski definition) is 0. The largest absolute Gasteiger partial charge is 0.355 e. The van der Waals surface area contributed by atoms with Crippen LogP contribution in [-0.2, 0) is 0 Å². The lowest BCUT2D eigenvalue weighted by Gasteiger charge is -2.11. The molecule has 0 atom stereocenters. The SMILES string of the molecule is c1ccc2c(c1)ccc1ccc(-n3c4ccccc4c4cc(-c5ccc6[nH]c7ccccc7c6c5)ccc43)cc12. The lowest BCUT2D eigenvalue weighted by Crippen LogP contribution is -1.94. The highest BCUT2D eigenvalue weighted by Crippen LogP contribution is 2.37. The van der Waals surface area contributed by atoms with Crippen LogP contribution in [0.5, 0.6) is 0 Å². The summed E-state index contributed by atoms with van der Waals surface area (Å²) in [6.07, 6.45) is 0. The van der Waals surface area contributed by atoms with Crippen molar-refractivity contribution in [3.63, 3.8) is 0 Å². The number of para-hydroxylation sites is 2. The molecule has 0 aliphatic heterocycles. The van der Waals surface area contributed by atoms with Gasteiger partial charge in [-0.05, 0) is 81.2 Å². The Bertz CT molecular complexity index is 2440. The minimum absolute atomic E-state index is 1.17. The molecule has 0 fully saturated rings. The van der Waals surface area contributed by atoms with E-state index in [0.717, 1.165) is 0 Å². The van der Waals surface area contributed by atoms with Crippen molar-refractivity contribution in [3.8, 4) is 16.8 Å². The van der Waals surface area contributed by atoms with Crippen LogP contribution in [0.2, 0.25) is 0 Å². The van der Waals surface area contributed by atoms with Gasteiger partial charge in [-0.25, -0.2) is 0 Å². The molecule has 186 valence electrons. The molecule has 0 aliphatic carbocycles. The molecule has 9 aromatic rings. The summed E-state index contributed by atoms with van der Waals surface area (Å²) in [4.78, 5) is 3.55. The molecule has 0 radical (unpaired) electrons. The number of aromatic amines is 1. The van der Waals surface area contributed by atoms with Crippen molar-refractivity contribution in [2.45, 2.75) is 0 Å². The third kappa shape index (κ3) is 3.05. The third-order valence-electron chi connectivity index (χ3n) is 8.50. The maximum absolute atomic E-state index is 3.55. The van der Waals surface area contributed by atoms with Crippen molar-refractivity contribution in [2.75, 3.05) is 0 Å². The highest BCUT2D eigenvalue weighted by molar-refractivity contribution is 6.13. The molecule has 2 heteroatoms. The number of hydrogen-bond donors (Lipinski definition) is 1. The summed E-state index contributed by atoms with van der Waals surface area (Å²) in [5, 5.41) is 10.2. The van der Waals surface area contributed by atoms with Crippen LogP contribution in [-0.4, -0.2) is 9.55 Å². The van der Waals surface area contributed by atoms with Crippen LogP contribution >= 0.6 is 0 Å². The van der Waals surface area contributed by atoms with E-state index in [1.165, 1.54) is 82.0 Å². The van der Waals surface area contributed by atoms with E-state index in [2.05, 4.69) is 149 Å².